The Kier molecular flexibility index (Phi) is 3.88. The maximum absolute atomic E-state index is 12.2. The molecule has 1 amide bonds. The molecule has 8 heteroatoms. The zero-order valence-corrected chi connectivity index (χ0v) is 11.3. The number of rotatable bonds is 3. The second-order valence-electron chi connectivity index (χ2n) is 3.99. The van der Waals surface area contributed by atoms with Crippen LogP contribution in [0.15, 0.2) is 5.38 Å². The lowest BCUT2D eigenvalue weighted by molar-refractivity contribution is -0.140. The Bertz CT molecular complexity index is 475. The SMILES string of the molecule is CC(N)c1nc(C(=O)N2CSC[C@H]2C(=O)O)cs1. The lowest BCUT2D eigenvalue weighted by Gasteiger charge is -2.19. The van der Waals surface area contributed by atoms with E-state index < -0.39 is 12.0 Å². The summed E-state index contributed by atoms with van der Waals surface area (Å²) in [6.07, 6.45) is 0. The molecular weight excluding hydrogens is 274 g/mol. The molecule has 0 saturated carbocycles. The number of amides is 1. The molecule has 6 nitrogen and oxygen atoms in total. The van der Waals surface area contributed by atoms with Crippen LogP contribution in [0.1, 0.15) is 28.5 Å². The lowest BCUT2D eigenvalue weighted by atomic mass is 10.3. The van der Waals surface area contributed by atoms with Crippen LogP contribution >= 0.6 is 23.1 Å². The number of thiazole rings is 1. The van der Waals surface area contributed by atoms with Crippen molar-refractivity contribution in [2.75, 3.05) is 11.6 Å². The van der Waals surface area contributed by atoms with Crippen LogP contribution in [0.5, 0.6) is 0 Å². The fourth-order valence-electron chi connectivity index (χ4n) is 1.59. The van der Waals surface area contributed by atoms with Gasteiger partial charge in [0.1, 0.15) is 16.7 Å². The van der Waals surface area contributed by atoms with E-state index in [0.29, 0.717) is 16.6 Å². The highest BCUT2D eigenvalue weighted by Crippen LogP contribution is 2.24. The van der Waals surface area contributed by atoms with Gasteiger partial charge in [0, 0.05) is 11.1 Å². The molecule has 0 bridgehead atoms. The molecule has 1 aromatic heterocycles. The van der Waals surface area contributed by atoms with Crippen LogP contribution in [0, 0.1) is 0 Å². The van der Waals surface area contributed by atoms with Gasteiger partial charge in [-0.1, -0.05) is 0 Å². The molecule has 1 aromatic rings. The zero-order chi connectivity index (χ0) is 13.3. The summed E-state index contributed by atoms with van der Waals surface area (Å²) in [7, 11) is 0. The van der Waals surface area contributed by atoms with Crippen molar-refractivity contribution in [3.63, 3.8) is 0 Å². The van der Waals surface area contributed by atoms with Crippen molar-refractivity contribution in [2.45, 2.75) is 19.0 Å². The summed E-state index contributed by atoms with van der Waals surface area (Å²) in [6.45, 7) is 1.79. The second kappa shape index (κ2) is 5.25. The van der Waals surface area contributed by atoms with Gasteiger partial charge in [0.2, 0.25) is 0 Å². The molecule has 1 unspecified atom stereocenters. The van der Waals surface area contributed by atoms with Crippen LogP contribution in [0.3, 0.4) is 0 Å². The average Bonchev–Trinajstić information content (AvgIpc) is 2.97. The highest BCUT2D eigenvalue weighted by Gasteiger charge is 2.35. The number of carbonyl (C=O) groups is 2. The maximum atomic E-state index is 12.2. The number of nitrogens with zero attached hydrogens (tertiary/aromatic N) is 2. The summed E-state index contributed by atoms with van der Waals surface area (Å²) in [6, 6.07) is -0.984. The molecule has 1 aliphatic heterocycles. The standard InChI is InChI=1S/C10H13N3O3S2/c1-5(11)8-12-6(2-18-8)9(14)13-4-17-3-7(13)10(15)16/h2,5,7H,3-4,11H2,1H3,(H,15,16)/t5?,7-/m0/s1. The first-order valence-electron chi connectivity index (χ1n) is 5.33. The van der Waals surface area contributed by atoms with Gasteiger partial charge in [0.15, 0.2) is 0 Å². The number of hydrogen-bond donors (Lipinski definition) is 2. The number of carbonyl (C=O) groups excluding carboxylic acids is 1. The Balaban J connectivity index is 2.17. The molecule has 3 N–H and O–H groups in total. The molecule has 0 spiro atoms. The average molecular weight is 287 g/mol. The van der Waals surface area contributed by atoms with Gasteiger partial charge in [-0.15, -0.1) is 23.1 Å². The molecule has 2 rings (SSSR count). The smallest absolute Gasteiger partial charge is 0.327 e. The molecule has 0 radical (unpaired) electrons. The van der Waals surface area contributed by atoms with E-state index in [-0.39, 0.29) is 17.6 Å². The molecule has 2 atom stereocenters. The topological polar surface area (TPSA) is 96.5 Å². The highest BCUT2D eigenvalue weighted by molar-refractivity contribution is 7.99. The molecule has 18 heavy (non-hydrogen) atoms. The summed E-state index contributed by atoms with van der Waals surface area (Å²) in [4.78, 5) is 28.7. The van der Waals surface area contributed by atoms with Gasteiger partial charge < -0.3 is 15.7 Å². The van der Waals surface area contributed by atoms with E-state index in [1.54, 1.807) is 12.3 Å². The summed E-state index contributed by atoms with van der Waals surface area (Å²) < 4.78 is 0. The Hall–Kier alpha value is -1.12. The fourth-order valence-corrected chi connectivity index (χ4v) is 3.49. The van der Waals surface area contributed by atoms with E-state index in [1.807, 2.05) is 0 Å². The van der Waals surface area contributed by atoms with Crippen LogP contribution < -0.4 is 5.73 Å². The van der Waals surface area contributed by atoms with Crippen LogP contribution in [0.4, 0.5) is 0 Å². The largest absolute Gasteiger partial charge is 0.480 e. The predicted octanol–water partition coefficient (Wildman–Crippen LogP) is 0.763. The van der Waals surface area contributed by atoms with E-state index in [1.165, 1.54) is 28.0 Å². The molecule has 0 aromatic carbocycles. The third-order valence-electron chi connectivity index (χ3n) is 2.56. The van der Waals surface area contributed by atoms with Gasteiger partial charge in [0.25, 0.3) is 5.91 Å². The van der Waals surface area contributed by atoms with Gasteiger partial charge >= 0.3 is 5.97 Å². The quantitative estimate of drug-likeness (QED) is 0.852. The molecule has 98 valence electrons. The minimum Gasteiger partial charge on any atom is -0.480 e. The van der Waals surface area contributed by atoms with Crippen LogP contribution in [-0.2, 0) is 4.79 Å². The monoisotopic (exact) mass is 287 g/mol. The highest BCUT2D eigenvalue weighted by atomic mass is 32.2. The van der Waals surface area contributed by atoms with E-state index >= 15 is 0 Å². The Morgan fingerprint density at radius 3 is 2.94 bits per heavy atom. The zero-order valence-electron chi connectivity index (χ0n) is 9.70. The molecular formula is C10H13N3O3S2. The van der Waals surface area contributed by atoms with Crippen molar-refractivity contribution in [3.8, 4) is 0 Å². The Morgan fingerprint density at radius 1 is 1.67 bits per heavy atom. The molecule has 1 aliphatic rings. The number of carboxylic acid groups (broad SMARTS) is 1. The Labute approximate surface area is 112 Å². The minimum absolute atomic E-state index is 0.222. The summed E-state index contributed by atoms with van der Waals surface area (Å²) >= 11 is 2.75. The van der Waals surface area contributed by atoms with Gasteiger partial charge in [-0.3, -0.25) is 4.79 Å². The van der Waals surface area contributed by atoms with Crippen LogP contribution in [-0.4, -0.2) is 44.5 Å². The third kappa shape index (κ3) is 2.50. The van der Waals surface area contributed by atoms with Crippen molar-refractivity contribution in [3.05, 3.63) is 16.1 Å². The van der Waals surface area contributed by atoms with Crippen molar-refractivity contribution in [2.24, 2.45) is 5.73 Å². The van der Waals surface area contributed by atoms with Crippen LogP contribution in [0.25, 0.3) is 0 Å². The third-order valence-corrected chi connectivity index (χ3v) is 4.62. The number of nitrogens with two attached hydrogens (primary N) is 1. The van der Waals surface area contributed by atoms with Crippen LogP contribution in [0.2, 0.25) is 0 Å². The minimum atomic E-state index is -0.976. The van der Waals surface area contributed by atoms with Crippen molar-refractivity contribution < 1.29 is 14.7 Å². The summed E-state index contributed by atoms with van der Waals surface area (Å²) in [5, 5.41) is 11.3. The molecule has 1 fully saturated rings. The predicted molar refractivity (Wildman–Crippen MR) is 69.6 cm³/mol. The first-order chi connectivity index (χ1) is 8.50. The number of aliphatic carboxylic acids is 1. The molecule has 2 heterocycles. The normalized spacial score (nSPS) is 21.0. The van der Waals surface area contributed by atoms with E-state index in [9.17, 15) is 9.59 Å². The van der Waals surface area contributed by atoms with Gasteiger partial charge in [-0.25, -0.2) is 9.78 Å². The molecule has 0 aliphatic carbocycles. The number of aromatic nitrogens is 1. The lowest BCUT2D eigenvalue weighted by Crippen LogP contribution is -2.41. The summed E-state index contributed by atoms with van der Waals surface area (Å²) in [5.74, 6) is -0.502. The first kappa shape index (κ1) is 13.3. The second-order valence-corrected chi connectivity index (χ2v) is 5.88. The van der Waals surface area contributed by atoms with E-state index in [2.05, 4.69) is 4.98 Å². The number of hydrogen-bond acceptors (Lipinski definition) is 6. The van der Waals surface area contributed by atoms with Crippen molar-refractivity contribution >= 4 is 35.0 Å². The maximum Gasteiger partial charge on any atom is 0.327 e. The Morgan fingerprint density at radius 2 is 2.39 bits per heavy atom. The fraction of sp³-hybridized carbons (Fsp3) is 0.500. The van der Waals surface area contributed by atoms with Gasteiger partial charge in [0.05, 0.1) is 11.9 Å². The molecule has 1 saturated heterocycles. The van der Waals surface area contributed by atoms with Crippen molar-refractivity contribution in [1.82, 2.24) is 9.88 Å². The number of carboxylic acids is 1. The van der Waals surface area contributed by atoms with Crippen molar-refractivity contribution in [1.29, 1.82) is 0 Å². The number of thioether (sulfide) groups is 1. The van der Waals surface area contributed by atoms with Gasteiger partial charge in [-0.2, -0.15) is 0 Å². The van der Waals surface area contributed by atoms with E-state index in [0.717, 1.165) is 0 Å². The summed E-state index contributed by atoms with van der Waals surface area (Å²) in [5.41, 5.74) is 5.96. The van der Waals surface area contributed by atoms with Gasteiger partial charge in [-0.05, 0) is 6.92 Å². The first-order valence-corrected chi connectivity index (χ1v) is 7.36. The van der Waals surface area contributed by atoms with E-state index in [4.69, 9.17) is 10.8 Å².